The molecule has 2 aromatic carbocycles. The van der Waals surface area contributed by atoms with Crippen molar-refractivity contribution in [2.24, 2.45) is 0 Å². The van der Waals surface area contributed by atoms with Crippen LogP contribution >= 0.6 is 23.2 Å². The molecule has 1 N–H and O–H groups in total. The van der Waals surface area contributed by atoms with E-state index in [1.165, 1.54) is 19.1 Å². The van der Waals surface area contributed by atoms with Gasteiger partial charge in [-0.15, -0.1) is 0 Å². The van der Waals surface area contributed by atoms with E-state index < -0.39 is 0 Å². The Balaban J connectivity index is 1.69. The maximum atomic E-state index is 11.2. The minimum atomic E-state index is 0.00143. The van der Waals surface area contributed by atoms with Crippen LogP contribution in [-0.4, -0.2) is 24.1 Å². The molecule has 4 nitrogen and oxygen atoms in total. The van der Waals surface area contributed by atoms with Gasteiger partial charge in [-0.2, -0.15) is 0 Å². The molecule has 128 valence electrons. The maximum Gasteiger partial charge on any atom is 0.159 e. The predicted molar refractivity (Wildman–Crippen MR) is 94.8 cm³/mol. The van der Waals surface area contributed by atoms with Crippen molar-refractivity contribution in [3.8, 4) is 17.2 Å². The van der Waals surface area contributed by atoms with E-state index in [0.29, 0.717) is 24.5 Å². The van der Waals surface area contributed by atoms with Gasteiger partial charge in [0.25, 0.3) is 0 Å². The van der Waals surface area contributed by atoms with Gasteiger partial charge in [-0.3, -0.25) is 4.79 Å². The van der Waals surface area contributed by atoms with Crippen molar-refractivity contribution in [2.75, 3.05) is 13.2 Å². The summed E-state index contributed by atoms with van der Waals surface area (Å²) in [6, 6.07) is 9.82. The molecule has 0 bridgehead atoms. The second-order valence-electron chi connectivity index (χ2n) is 5.22. The molecule has 0 atom stereocenters. The van der Waals surface area contributed by atoms with Gasteiger partial charge in [-0.05, 0) is 44.0 Å². The van der Waals surface area contributed by atoms with Crippen LogP contribution in [0.25, 0.3) is 0 Å². The molecule has 0 saturated heterocycles. The third-order valence-electron chi connectivity index (χ3n) is 3.30. The molecule has 6 heteroatoms. The molecule has 0 aliphatic heterocycles. The van der Waals surface area contributed by atoms with Gasteiger partial charge in [0.15, 0.2) is 11.5 Å². The number of hydrogen-bond acceptors (Lipinski definition) is 4. The van der Waals surface area contributed by atoms with Crippen molar-refractivity contribution in [3.05, 3.63) is 52.0 Å². The van der Waals surface area contributed by atoms with Gasteiger partial charge in [0.2, 0.25) is 0 Å². The minimum Gasteiger partial charge on any atom is -0.508 e. The highest BCUT2D eigenvalue weighted by atomic mass is 35.5. The summed E-state index contributed by atoms with van der Waals surface area (Å²) in [6.45, 7) is 2.51. The van der Waals surface area contributed by atoms with Crippen LogP contribution in [0.4, 0.5) is 0 Å². The van der Waals surface area contributed by atoms with Crippen molar-refractivity contribution in [3.63, 3.8) is 0 Å². The highest BCUT2D eigenvalue weighted by molar-refractivity contribution is 6.37. The molecule has 0 radical (unpaired) electrons. The monoisotopic (exact) mass is 368 g/mol. The lowest BCUT2D eigenvalue weighted by Crippen LogP contribution is -2.03. The molecular weight excluding hydrogens is 351 g/mol. The van der Waals surface area contributed by atoms with Crippen molar-refractivity contribution in [2.45, 2.75) is 19.8 Å². The SMILES string of the molecule is CC(=O)c1ccc(OCCCCOc2c(Cl)cc(O)cc2Cl)cc1. The number of ketones is 1. The van der Waals surface area contributed by atoms with Gasteiger partial charge in [0.05, 0.1) is 23.3 Å². The van der Waals surface area contributed by atoms with E-state index in [0.717, 1.165) is 18.6 Å². The van der Waals surface area contributed by atoms with Crippen molar-refractivity contribution >= 4 is 29.0 Å². The summed E-state index contributed by atoms with van der Waals surface area (Å²) in [7, 11) is 0. The fourth-order valence-electron chi connectivity index (χ4n) is 2.04. The number of ether oxygens (including phenoxy) is 2. The highest BCUT2D eigenvalue weighted by Gasteiger charge is 2.09. The number of rotatable bonds is 8. The molecule has 0 unspecified atom stereocenters. The van der Waals surface area contributed by atoms with Crippen LogP contribution in [-0.2, 0) is 0 Å². The second kappa shape index (κ2) is 8.81. The number of benzene rings is 2. The van der Waals surface area contributed by atoms with Gasteiger partial charge in [-0.1, -0.05) is 23.2 Å². The molecule has 0 aliphatic carbocycles. The summed E-state index contributed by atoms with van der Waals surface area (Å²) in [5, 5.41) is 9.91. The lowest BCUT2D eigenvalue weighted by Gasteiger charge is -2.11. The topological polar surface area (TPSA) is 55.8 Å². The van der Waals surface area contributed by atoms with E-state index in [-0.39, 0.29) is 21.6 Å². The van der Waals surface area contributed by atoms with Crippen molar-refractivity contribution in [1.29, 1.82) is 0 Å². The standard InChI is InChI=1S/C18H18Cl2O4/c1-12(21)13-4-6-15(7-5-13)23-8-2-3-9-24-18-16(19)10-14(22)11-17(18)20/h4-7,10-11,22H,2-3,8-9H2,1H3. The number of hydrogen-bond donors (Lipinski definition) is 1. The first-order chi connectivity index (χ1) is 11.5. The number of aromatic hydroxyl groups is 1. The summed E-state index contributed by atoms with van der Waals surface area (Å²) in [5.41, 5.74) is 0.665. The maximum absolute atomic E-state index is 11.2. The molecule has 0 aliphatic rings. The van der Waals surface area contributed by atoms with Crippen LogP contribution in [0, 0.1) is 0 Å². The number of phenols is 1. The van der Waals surface area contributed by atoms with Gasteiger partial charge in [0, 0.05) is 17.7 Å². The van der Waals surface area contributed by atoms with E-state index >= 15 is 0 Å². The molecule has 0 aromatic heterocycles. The summed E-state index contributed by atoms with van der Waals surface area (Å²) in [5.74, 6) is 1.13. The molecule has 2 rings (SSSR count). The zero-order valence-corrected chi connectivity index (χ0v) is 14.7. The Morgan fingerprint density at radius 2 is 1.54 bits per heavy atom. The minimum absolute atomic E-state index is 0.00143. The molecule has 24 heavy (non-hydrogen) atoms. The molecule has 0 fully saturated rings. The number of Topliss-reactive ketones (excluding diaryl/α,β-unsaturated/α-hetero) is 1. The molecule has 0 heterocycles. The Kier molecular flexibility index (Phi) is 6.76. The number of unbranched alkanes of at least 4 members (excludes halogenated alkanes) is 1. The number of halogens is 2. The van der Waals surface area contributed by atoms with E-state index in [9.17, 15) is 9.90 Å². The number of carbonyl (C=O) groups is 1. The van der Waals surface area contributed by atoms with Crippen LogP contribution in [0.3, 0.4) is 0 Å². The van der Waals surface area contributed by atoms with Crippen molar-refractivity contribution in [1.82, 2.24) is 0 Å². The largest absolute Gasteiger partial charge is 0.508 e. The second-order valence-corrected chi connectivity index (χ2v) is 6.04. The fourth-order valence-corrected chi connectivity index (χ4v) is 2.62. The third kappa shape index (κ3) is 5.32. The molecule has 0 amide bonds. The zero-order chi connectivity index (χ0) is 17.5. The summed E-state index contributed by atoms with van der Waals surface area (Å²) in [6.07, 6.45) is 1.56. The fraction of sp³-hybridized carbons (Fsp3) is 0.278. The van der Waals surface area contributed by atoms with Crippen LogP contribution in [0.1, 0.15) is 30.1 Å². The first-order valence-electron chi connectivity index (χ1n) is 7.52. The number of carbonyl (C=O) groups excluding carboxylic acids is 1. The lowest BCUT2D eigenvalue weighted by atomic mass is 10.1. The van der Waals surface area contributed by atoms with E-state index in [1.807, 2.05) is 0 Å². The Morgan fingerprint density at radius 1 is 1.00 bits per heavy atom. The predicted octanol–water partition coefficient (Wildman–Crippen LogP) is 5.14. The Hall–Kier alpha value is -1.91. The van der Waals surface area contributed by atoms with E-state index in [4.69, 9.17) is 32.7 Å². The lowest BCUT2D eigenvalue weighted by molar-refractivity contribution is 0.101. The normalized spacial score (nSPS) is 10.5. The van der Waals surface area contributed by atoms with Crippen LogP contribution in [0.15, 0.2) is 36.4 Å². The quantitative estimate of drug-likeness (QED) is 0.517. The average molecular weight is 369 g/mol. The highest BCUT2D eigenvalue weighted by Crippen LogP contribution is 2.36. The van der Waals surface area contributed by atoms with Crippen LogP contribution < -0.4 is 9.47 Å². The molecule has 0 spiro atoms. The molecule has 0 saturated carbocycles. The van der Waals surface area contributed by atoms with Crippen molar-refractivity contribution < 1.29 is 19.4 Å². The Labute approximate surface area is 150 Å². The van der Waals surface area contributed by atoms with E-state index in [2.05, 4.69) is 0 Å². The Bertz CT molecular complexity index is 676. The van der Waals surface area contributed by atoms with Crippen LogP contribution in [0.2, 0.25) is 10.0 Å². The van der Waals surface area contributed by atoms with Gasteiger partial charge >= 0.3 is 0 Å². The summed E-state index contributed by atoms with van der Waals surface area (Å²) in [4.78, 5) is 11.2. The van der Waals surface area contributed by atoms with Crippen LogP contribution in [0.5, 0.6) is 17.2 Å². The van der Waals surface area contributed by atoms with Gasteiger partial charge in [0.1, 0.15) is 11.5 Å². The third-order valence-corrected chi connectivity index (χ3v) is 3.86. The first kappa shape index (κ1) is 18.4. The summed E-state index contributed by atoms with van der Waals surface area (Å²) < 4.78 is 11.2. The zero-order valence-electron chi connectivity index (χ0n) is 13.2. The average Bonchev–Trinajstić information content (AvgIpc) is 2.53. The smallest absolute Gasteiger partial charge is 0.159 e. The number of phenolic OH excluding ortho intramolecular Hbond substituents is 1. The van der Waals surface area contributed by atoms with E-state index in [1.54, 1.807) is 24.3 Å². The van der Waals surface area contributed by atoms with Gasteiger partial charge in [-0.25, -0.2) is 0 Å². The Morgan fingerprint density at radius 3 is 2.08 bits per heavy atom. The summed E-state index contributed by atoms with van der Waals surface area (Å²) >= 11 is 11.9. The first-order valence-corrected chi connectivity index (χ1v) is 8.27. The molecule has 2 aromatic rings. The van der Waals surface area contributed by atoms with Gasteiger partial charge < -0.3 is 14.6 Å². The molecular formula is C18H18Cl2O4.